The van der Waals surface area contributed by atoms with Gasteiger partial charge < -0.3 is 9.30 Å². The zero-order chi connectivity index (χ0) is 21.5. The van der Waals surface area contributed by atoms with Gasteiger partial charge in [-0.25, -0.2) is 27.9 Å². The number of hydrogen-bond acceptors (Lipinski definition) is 5. The molecule has 0 radical (unpaired) electrons. The Bertz CT molecular complexity index is 1210. The fourth-order valence-electron chi connectivity index (χ4n) is 3.13. The molecular formula is C19H20F2N4O4. The summed E-state index contributed by atoms with van der Waals surface area (Å²) < 4.78 is 36.0. The molecule has 0 amide bonds. The zero-order valence-corrected chi connectivity index (χ0v) is 16.3. The van der Waals surface area contributed by atoms with Crippen LogP contribution in [0.1, 0.15) is 39.8 Å². The monoisotopic (exact) mass is 406 g/mol. The molecule has 2 aromatic heterocycles. The number of halogens is 2. The number of rotatable bonds is 5. The SMILES string of the molecule is CCOC(=O)[C@@H](C)n1cnc2c1c(=O)n(C(C)C)c(=O)n2-c1ccc(F)cc1F. The highest BCUT2D eigenvalue weighted by atomic mass is 19.1. The van der Waals surface area contributed by atoms with Crippen LogP contribution in [0.4, 0.5) is 8.78 Å². The summed E-state index contributed by atoms with van der Waals surface area (Å²) in [5.41, 5.74) is -1.96. The summed E-state index contributed by atoms with van der Waals surface area (Å²) in [6.45, 7) is 6.56. The van der Waals surface area contributed by atoms with Crippen LogP contribution in [-0.4, -0.2) is 31.3 Å². The minimum atomic E-state index is -0.990. The van der Waals surface area contributed by atoms with E-state index >= 15 is 0 Å². The first-order valence-electron chi connectivity index (χ1n) is 9.05. The maximum absolute atomic E-state index is 14.5. The minimum Gasteiger partial charge on any atom is -0.464 e. The van der Waals surface area contributed by atoms with E-state index in [9.17, 15) is 23.2 Å². The van der Waals surface area contributed by atoms with E-state index in [0.717, 1.165) is 21.3 Å². The standard InChI is InChI=1S/C19H20F2N4O4/c1-5-29-18(27)11(4)23-9-22-16-15(23)17(26)24(10(2)3)19(28)25(16)14-7-6-12(20)8-13(14)21/h6-11H,5H2,1-4H3/t11-/m1/s1. The second-order valence-electron chi connectivity index (χ2n) is 6.73. The quantitative estimate of drug-likeness (QED) is 0.607. The van der Waals surface area contributed by atoms with E-state index in [4.69, 9.17) is 4.74 Å². The van der Waals surface area contributed by atoms with E-state index in [2.05, 4.69) is 4.98 Å². The van der Waals surface area contributed by atoms with Crippen molar-refractivity contribution in [3.05, 3.63) is 57.0 Å². The number of carbonyl (C=O) groups is 1. The predicted molar refractivity (Wildman–Crippen MR) is 101 cm³/mol. The molecule has 0 aliphatic carbocycles. The van der Waals surface area contributed by atoms with Gasteiger partial charge in [-0.2, -0.15) is 0 Å². The van der Waals surface area contributed by atoms with Crippen molar-refractivity contribution in [3.8, 4) is 5.69 Å². The number of benzene rings is 1. The van der Waals surface area contributed by atoms with Crippen LogP contribution in [0.2, 0.25) is 0 Å². The zero-order valence-electron chi connectivity index (χ0n) is 16.3. The van der Waals surface area contributed by atoms with E-state index in [1.54, 1.807) is 20.8 Å². The molecule has 0 spiro atoms. The molecule has 3 rings (SSSR count). The molecule has 154 valence electrons. The number of carbonyl (C=O) groups excluding carboxylic acids is 1. The van der Waals surface area contributed by atoms with Crippen LogP contribution in [0, 0.1) is 11.6 Å². The Labute approximate surface area is 164 Å². The van der Waals surface area contributed by atoms with Gasteiger partial charge in [0, 0.05) is 12.1 Å². The highest BCUT2D eigenvalue weighted by molar-refractivity contribution is 5.79. The van der Waals surface area contributed by atoms with Crippen LogP contribution < -0.4 is 11.2 Å². The molecule has 1 atom stereocenters. The first-order valence-corrected chi connectivity index (χ1v) is 9.05. The van der Waals surface area contributed by atoms with Crippen molar-refractivity contribution in [1.82, 2.24) is 18.7 Å². The third-order valence-electron chi connectivity index (χ3n) is 4.52. The molecule has 0 fully saturated rings. The van der Waals surface area contributed by atoms with Gasteiger partial charge in [0.1, 0.15) is 17.7 Å². The average molecular weight is 406 g/mol. The molecule has 1 aromatic carbocycles. The Balaban J connectivity index is 2.43. The van der Waals surface area contributed by atoms with E-state index < -0.39 is 40.9 Å². The van der Waals surface area contributed by atoms with Crippen molar-refractivity contribution in [1.29, 1.82) is 0 Å². The average Bonchev–Trinajstić information content (AvgIpc) is 3.07. The topological polar surface area (TPSA) is 88.1 Å². The Morgan fingerprint density at radius 3 is 2.48 bits per heavy atom. The normalized spacial score (nSPS) is 12.5. The second kappa shape index (κ2) is 7.61. The van der Waals surface area contributed by atoms with Crippen LogP contribution in [-0.2, 0) is 9.53 Å². The number of esters is 1. The van der Waals surface area contributed by atoms with Crippen LogP contribution in [0.15, 0.2) is 34.1 Å². The lowest BCUT2D eigenvalue weighted by Crippen LogP contribution is -2.41. The van der Waals surface area contributed by atoms with Gasteiger partial charge in [-0.1, -0.05) is 0 Å². The minimum absolute atomic E-state index is 0.0671. The maximum atomic E-state index is 14.5. The van der Waals surface area contributed by atoms with Gasteiger partial charge >= 0.3 is 11.7 Å². The number of ether oxygens (including phenoxy) is 1. The summed E-state index contributed by atoms with van der Waals surface area (Å²) in [7, 11) is 0. The Hall–Kier alpha value is -3.30. The lowest BCUT2D eigenvalue weighted by atomic mass is 10.2. The predicted octanol–water partition coefficient (Wildman–Crippen LogP) is 2.33. The first kappa shape index (κ1) is 20.4. The molecule has 8 nitrogen and oxygen atoms in total. The molecule has 0 saturated carbocycles. The van der Waals surface area contributed by atoms with Crippen molar-refractivity contribution in [3.63, 3.8) is 0 Å². The number of imidazole rings is 1. The highest BCUT2D eigenvalue weighted by Gasteiger charge is 2.26. The van der Waals surface area contributed by atoms with E-state index in [-0.39, 0.29) is 23.5 Å². The number of aromatic nitrogens is 4. The molecule has 0 N–H and O–H groups in total. The summed E-state index contributed by atoms with van der Waals surface area (Å²) in [5, 5.41) is 0. The Morgan fingerprint density at radius 2 is 1.90 bits per heavy atom. The molecule has 0 unspecified atom stereocenters. The van der Waals surface area contributed by atoms with Crippen molar-refractivity contribution >= 4 is 17.1 Å². The van der Waals surface area contributed by atoms with Crippen molar-refractivity contribution in [2.45, 2.75) is 39.8 Å². The second-order valence-corrected chi connectivity index (χ2v) is 6.73. The van der Waals surface area contributed by atoms with E-state index in [0.29, 0.717) is 6.07 Å². The van der Waals surface area contributed by atoms with Crippen LogP contribution >= 0.6 is 0 Å². The Morgan fingerprint density at radius 1 is 1.21 bits per heavy atom. The van der Waals surface area contributed by atoms with E-state index in [1.807, 2.05) is 0 Å². The Kier molecular flexibility index (Phi) is 5.36. The third kappa shape index (κ3) is 3.34. The molecule has 10 heteroatoms. The van der Waals surface area contributed by atoms with Crippen LogP contribution in [0.3, 0.4) is 0 Å². The first-order chi connectivity index (χ1) is 13.7. The summed E-state index contributed by atoms with van der Waals surface area (Å²) >= 11 is 0. The molecule has 0 aliphatic rings. The van der Waals surface area contributed by atoms with Crippen molar-refractivity contribution < 1.29 is 18.3 Å². The number of nitrogens with zero attached hydrogens (tertiary/aromatic N) is 4. The van der Waals surface area contributed by atoms with Gasteiger partial charge in [0.25, 0.3) is 5.56 Å². The third-order valence-corrected chi connectivity index (χ3v) is 4.52. The van der Waals surface area contributed by atoms with Gasteiger partial charge in [0.2, 0.25) is 0 Å². The smallest absolute Gasteiger partial charge is 0.337 e. The molecule has 29 heavy (non-hydrogen) atoms. The van der Waals surface area contributed by atoms with Gasteiger partial charge in [-0.15, -0.1) is 0 Å². The lowest BCUT2D eigenvalue weighted by Gasteiger charge is -2.17. The summed E-state index contributed by atoms with van der Waals surface area (Å²) in [6, 6.07) is 1.26. The molecule has 0 aliphatic heterocycles. The van der Waals surface area contributed by atoms with Gasteiger partial charge in [0.05, 0.1) is 18.6 Å². The lowest BCUT2D eigenvalue weighted by molar-refractivity contribution is -0.146. The molecule has 2 heterocycles. The summed E-state index contributed by atoms with van der Waals surface area (Å²) in [4.78, 5) is 42.4. The fraction of sp³-hybridized carbons (Fsp3) is 0.368. The van der Waals surface area contributed by atoms with E-state index in [1.165, 1.54) is 17.8 Å². The van der Waals surface area contributed by atoms with Gasteiger partial charge in [-0.3, -0.25) is 9.36 Å². The number of hydrogen-bond donors (Lipinski definition) is 0. The molecular weight excluding hydrogens is 386 g/mol. The van der Waals surface area contributed by atoms with Crippen LogP contribution in [0.5, 0.6) is 0 Å². The highest BCUT2D eigenvalue weighted by Crippen LogP contribution is 2.20. The maximum Gasteiger partial charge on any atom is 0.337 e. The summed E-state index contributed by atoms with van der Waals surface area (Å²) in [6.07, 6.45) is 1.22. The largest absolute Gasteiger partial charge is 0.464 e. The molecule has 0 bridgehead atoms. The van der Waals surface area contributed by atoms with Gasteiger partial charge in [-0.05, 0) is 39.8 Å². The summed E-state index contributed by atoms with van der Waals surface area (Å²) in [5.74, 6) is -2.39. The fourth-order valence-corrected chi connectivity index (χ4v) is 3.13. The molecule has 3 aromatic rings. The van der Waals surface area contributed by atoms with Gasteiger partial charge in [0.15, 0.2) is 11.2 Å². The van der Waals surface area contributed by atoms with Crippen molar-refractivity contribution in [2.24, 2.45) is 0 Å². The molecule has 0 saturated heterocycles. The number of fused-ring (bicyclic) bond motifs is 1. The van der Waals surface area contributed by atoms with Crippen LogP contribution in [0.25, 0.3) is 16.9 Å². The van der Waals surface area contributed by atoms with Crippen molar-refractivity contribution in [2.75, 3.05) is 6.61 Å².